The molecule has 1 fully saturated rings. The Bertz CT molecular complexity index is 1080. The van der Waals surface area contributed by atoms with Gasteiger partial charge in [0, 0.05) is 19.5 Å². The third kappa shape index (κ3) is 5.28. The molecule has 1 unspecified atom stereocenters. The van der Waals surface area contributed by atoms with Gasteiger partial charge in [0.1, 0.15) is 11.6 Å². The maximum atomic E-state index is 13.4. The molecule has 2 heterocycles. The van der Waals surface area contributed by atoms with E-state index < -0.39 is 0 Å². The van der Waals surface area contributed by atoms with E-state index in [2.05, 4.69) is 4.98 Å². The molecule has 2 aromatic carbocycles. The van der Waals surface area contributed by atoms with Crippen molar-refractivity contribution in [1.29, 1.82) is 0 Å². The molecule has 0 radical (unpaired) electrons. The van der Waals surface area contributed by atoms with Crippen LogP contribution in [0.2, 0.25) is 0 Å². The van der Waals surface area contributed by atoms with Gasteiger partial charge in [0.2, 0.25) is 0 Å². The molecule has 1 amide bonds. The number of carbonyl (C=O) groups excluding carboxylic acids is 1. The summed E-state index contributed by atoms with van der Waals surface area (Å²) in [6, 6.07) is 12.1. The Labute approximate surface area is 187 Å². The average Bonchev–Trinajstić information content (AvgIpc) is 3.26. The SMILES string of the molecule is COc1cc(C)ccc1OCC(=O)N1CCCC(c2ncc(Cc3cccc(F)c3)o2)C1. The molecule has 1 aliphatic rings. The Morgan fingerprint density at radius 1 is 1.25 bits per heavy atom. The number of likely N-dealkylation sites (tertiary alicyclic amines) is 1. The van der Waals surface area contributed by atoms with Crippen molar-refractivity contribution < 1.29 is 23.1 Å². The van der Waals surface area contributed by atoms with Gasteiger partial charge < -0.3 is 18.8 Å². The Morgan fingerprint density at radius 3 is 2.94 bits per heavy atom. The molecule has 3 aromatic rings. The third-order valence-corrected chi connectivity index (χ3v) is 5.63. The first-order valence-corrected chi connectivity index (χ1v) is 10.8. The van der Waals surface area contributed by atoms with Crippen LogP contribution < -0.4 is 9.47 Å². The van der Waals surface area contributed by atoms with Gasteiger partial charge in [0.25, 0.3) is 5.91 Å². The predicted octanol–water partition coefficient (Wildman–Crippen LogP) is 4.51. The zero-order valence-electron chi connectivity index (χ0n) is 18.3. The van der Waals surface area contributed by atoms with E-state index in [4.69, 9.17) is 13.9 Å². The number of aromatic nitrogens is 1. The van der Waals surface area contributed by atoms with Gasteiger partial charge in [-0.15, -0.1) is 0 Å². The van der Waals surface area contributed by atoms with Crippen LogP contribution in [0, 0.1) is 12.7 Å². The fraction of sp³-hybridized carbons (Fsp3) is 0.360. The van der Waals surface area contributed by atoms with Crippen molar-refractivity contribution in [3.8, 4) is 11.5 Å². The second-order valence-electron chi connectivity index (χ2n) is 8.09. The van der Waals surface area contributed by atoms with Crippen LogP contribution in [0.5, 0.6) is 11.5 Å². The van der Waals surface area contributed by atoms with Gasteiger partial charge >= 0.3 is 0 Å². The van der Waals surface area contributed by atoms with Crippen molar-refractivity contribution in [2.75, 3.05) is 26.8 Å². The highest BCUT2D eigenvalue weighted by atomic mass is 19.1. The molecule has 1 aliphatic heterocycles. The van der Waals surface area contributed by atoms with Gasteiger partial charge in [-0.3, -0.25) is 4.79 Å². The van der Waals surface area contributed by atoms with Gasteiger partial charge in [-0.25, -0.2) is 9.37 Å². The van der Waals surface area contributed by atoms with Crippen molar-refractivity contribution >= 4 is 5.91 Å². The number of methoxy groups -OCH3 is 1. The van der Waals surface area contributed by atoms with Crippen molar-refractivity contribution in [1.82, 2.24) is 9.88 Å². The largest absolute Gasteiger partial charge is 0.493 e. The van der Waals surface area contributed by atoms with Crippen LogP contribution in [-0.4, -0.2) is 42.6 Å². The van der Waals surface area contributed by atoms with Crippen LogP contribution in [-0.2, 0) is 11.2 Å². The zero-order valence-corrected chi connectivity index (χ0v) is 18.3. The number of hydrogen-bond donors (Lipinski definition) is 0. The summed E-state index contributed by atoms with van der Waals surface area (Å²) >= 11 is 0. The third-order valence-electron chi connectivity index (χ3n) is 5.63. The Morgan fingerprint density at radius 2 is 2.12 bits per heavy atom. The molecule has 4 rings (SSSR count). The lowest BCUT2D eigenvalue weighted by Crippen LogP contribution is -2.41. The summed E-state index contributed by atoms with van der Waals surface area (Å²) in [5, 5.41) is 0. The molecule has 6 nitrogen and oxygen atoms in total. The smallest absolute Gasteiger partial charge is 0.260 e. The summed E-state index contributed by atoms with van der Waals surface area (Å²) in [4.78, 5) is 19.0. The maximum absolute atomic E-state index is 13.4. The number of rotatable bonds is 7. The lowest BCUT2D eigenvalue weighted by Gasteiger charge is -2.31. The summed E-state index contributed by atoms with van der Waals surface area (Å²) in [5.74, 6) is 2.15. The molecule has 1 saturated heterocycles. The summed E-state index contributed by atoms with van der Waals surface area (Å²) in [6.07, 6.45) is 3.93. The Balaban J connectivity index is 1.35. The monoisotopic (exact) mass is 438 g/mol. The number of piperidine rings is 1. The van der Waals surface area contributed by atoms with E-state index >= 15 is 0 Å². The van der Waals surface area contributed by atoms with Crippen molar-refractivity contribution in [3.05, 3.63) is 77.3 Å². The van der Waals surface area contributed by atoms with Gasteiger partial charge in [-0.05, 0) is 55.2 Å². The molecular formula is C25H27FN2O4. The highest BCUT2D eigenvalue weighted by Crippen LogP contribution is 2.29. The number of hydrogen-bond acceptors (Lipinski definition) is 5. The summed E-state index contributed by atoms with van der Waals surface area (Å²) in [7, 11) is 1.58. The highest BCUT2D eigenvalue weighted by molar-refractivity contribution is 5.78. The van der Waals surface area contributed by atoms with Crippen LogP contribution in [0.1, 0.15) is 41.5 Å². The quantitative estimate of drug-likeness (QED) is 0.543. The van der Waals surface area contributed by atoms with Gasteiger partial charge in [-0.1, -0.05) is 18.2 Å². The van der Waals surface area contributed by atoms with E-state index in [1.54, 1.807) is 24.3 Å². The number of halogens is 1. The van der Waals surface area contributed by atoms with E-state index in [9.17, 15) is 9.18 Å². The summed E-state index contributed by atoms with van der Waals surface area (Å²) in [5.41, 5.74) is 1.89. The van der Waals surface area contributed by atoms with Gasteiger partial charge in [-0.2, -0.15) is 0 Å². The van der Waals surface area contributed by atoms with Gasteiger partial charge in [0.15, 0.2) is 24.0 Å². The maximum Gasteiger partial charge on any atom is 0.260 e. The van der Waals surface area contributed by atoms with Crippen molar-refractivity contribution in [3.63, 3.8) is 0 Å². The van der Waals surface area contributed by atoms with Crippen LogP contribution in [0.4, 0.5) is 4.39 Å². The lowest BCUT2D eigenvalue weighted by molar-refractivity contribution is -0.134. The first-order valence-electron chi connectivity index (χ1n) is 10.8. The first-order chi connectivity index (χ1) is 15.5. The number of oxazole rings is 1. The number of nitrogens with zero attached hydrogens (tertiary/aromatic N) is 2. The summed E-state index contributed by atoms with van der Waals surface area (Å²) < 4.78 is 30.4. The van der Waals surface area contributed by atoms with E-state index in [1.807, 2.05) is 31.2 Å². The molecule has 0 bridgehead atoms. The lowest BCUT2D eigenvalue weighted by atomic mass is 9.98. The number of aryl methyl sites for hydroxylation is 1. The van der Waals surface area contributed by atoms with Gasteiger partial charge in [0.05, 0.1) is 19.2 Å². The Hall–Kier alpha value is -3.35. The van der Waals surface area contributed by atoms with E-state index in [0.29, 0.717) is 42.7 Å². The van der Waals surface area contributed by atoms with Crippen molar-refractivity contribution in [2.45, 2.75) is 32.1 Å². The minimum Gasteiger partial charge on any atom is -0.493 e. The van der Waals surface area contributed by atoms with Crippen molar-refractivity contribution in [2.24, 2.45) is 0 Å². The Kier molecular flexibility index (Phi) is 6.73. The molecule has 32 heavy (non-hydrogen) atoms. The minimum atomic E-state index is -0.269. The van der Waals surface area contributed by atoms with E-state index in [0.717, 1.165) is 24.0 Å². The highest BCUT2D eigenvalue weighted by Gasteiger charge is 2.28. The summed E-state index contributed by atoms with van der Waals surface area (Å²) in [6.45, 7) is 3.13. The van der Waals surface area contributed by atoms with Crippen LogP contribution in [0.3, 0.4) is 0 Å². The van der Waals surface area contributed by atoms with Crippen LogP contribution in [0.25, 0.3) is 0 Å². The number of amides is 1. The predicted molar refractivity (Wildman–Crippen MR) is 117 cm³/mol. The number of ether oxygens (including phenoxy) is 2. The fourth-order valence-corrected chi connectivity index (χ4v) is 3.97. The molecule has 0 saturated carbocycles. The standard InChI is InChI=1S/C25H27FN2O4/c1-17-8-9-22(23(11-17)30-2)31-16-24(29)28-10-4-6-19(15-28)25-27-14-21(32-25)13-18-5-3-7-20(26)12-18/h3,5,7-9,11-12,14,19H,4,6,10,13,15-16H2,1-2H3. The van der Waals surface area contributed by atoms with E-state index in [1.165, 1.54) is 12.1 Å². The molecular weight excluding hydrogens is 411 g/mol. The van der Waals surface area contributed by atoms with Crippen LogP contribution in [0.15, 0.2) is 53.1 Å². The average molecular weight is 438 g/mol. The molecule has 7 heteroatoms. The molecule has 0 spiro atoms. The first kappa shape index (κ1) is 21.9. The molecule has 168 valence electrons. The topological polar surface area (TPSA) is 64.8 Å². The normalized spacial score (nSPS) is 16.1. The second-order valence-corrected chi connectivity index (χ2v) is 8.09. The van der Waals surface area contributed by atoms with E-state index in [-0.39, 0.29) is 24.2 Å². The van der Waals surface area contributed by atoms with Crippen LogP contribution >= 0.6 is 0 Å². The molecule has 1 atom stereocenters. The molecule has 0 N–H and O–H groups in total. The molecule has 0 aliphatic carbocycles. The number of carbonyl (C=O) groups is 1. The zero-order chi connectivity index (χ0) is 22.5. The fourth-order valence-electron chi connectivity index (χ4n) is 3.97. The molecule has 1 aromatic heterocycles. The second kappa shape index (κ2) is 9.85. The number of benzene rings is 2. The minimum absolute atomic E-state index is 0.0304.